The average molecular weight is 261 g/mol. The smallest absolute Gasteiger partial charge is 0.311 e. The lowest BCUT2D eigenvalue weighted by atomic mass is 10.1. The fourth-order valence-electron chi connectivity index (χ4n) is 1.57. The van der Waals surface area contributed by atoms with Crippen molar-refractivity contribution >= 4 is 17.7 Å². The van der Waals surface area contributed by atoms with E-state index < -0.39 is 10.7 Å². The molecule has 1 aromatic heterocycles. The minimum Gasteiger partial charge on any atom is -0.502 e. The fourth-order valence-corrected chi connectivity index (χ4v) is 1.57. The Hall–Kier alpha value is -2.70. The van der Waals surface area contributed by atoms with Crippen molar-refractivity contribution < 1.29 is 14.6 Å². The number of benzene rings is 1. The molecule has 0 aliphatic heterocycles. The third-order valence-electron chi connectivity index (χ3n) is 2.41. The summed E-state index contributed by atoms with van der Waals surface area (Å²) in [5.74, 6) is 0.521. The Morgan fingerprint density at radius 3 is 2.74 bits per heavy atom. The average Bonchev–Trinajstić information content (AvgIpc) is 2.75. The molecule has 0 amide bonds. The van der Waals surface area contributed by atoms with Gasteiger partial charge in [-0.2, -0.15) is 0 Å². The topological polar surface area (TPSA) is 102 Å². The number of nitrogens with zero attached hydrogens (tertiary/aromatic N) is 3. The van der Waals surface area contributed by atoms with Crippen molar-refractivity contribution in [3.05, 3.63) is 45.2 Å². The van der Waals surface area contributed by atoms with Crippen LogP contribution >= 0.6 is 0 Å². The van der Waals surface area contributed by atoms with Crippen LogP contribution in [0.4, 0.5) is 11.5 Å². The Morgan fingerprint density at radius 2 is 2.16 bits per heavy atom. The Kier molecular flexibility index (Phi) is 3.28. The number of nitro benzene ring substituents is 1. The van der Waals surface area contributed by atoms with Crippen LogP contribution in [0.3, 0.4) is 0 Å². The zero-order valence-electron chi connectivity index (χ0n) is 10.3. The van der Waals surface area contributed by atoms with E-state index >= 15 is 0 Å². The molecule has 0 radical (unpaired) electrons. The Labute approximate surface area is 108 Å². The van der Waals surface area contributed by atoms with Crippen LogP contribution in [0, 0.1) is 24.0 Å². The summed E-state index contributed by atoms with van der Waals surface area (Å²) in [6.07, 6.45) is 1.31. The van der Waals surface area contributed by atoms with E-state index in [9.17, 15) is 15.2 Å². The third kappa shape index (κ3) is 2.76. The summed E-state index contributed by atoms with van der Waals surface area (Å²) in [6.45, 7) is 3.42. The van der Waals surface area contributed by atoms with Crippen molar-refractivity contribution in [1.82, 2.24) is 5.16 Å². The first-order chi connectivity index (χ1) is 8.97. The molecule has 0 aliphatic carbocycles. The van der Waals surface area contributed by atoms with Gasteiger partial charge < -0.3 is 9.63 Å². The van der Waals surface area contributed by atoms with Gasteiger partial charge in [0.2, 0.25) is 5.75 Å². The molecule has 0 saturated heterocycles. The molecule has 7 nitrogen and oxygen atoms in total. The Bertz CT molecular complexity index is 661. The maximum absolute atomic E-state index is 10.8. The van der Waals surface area contributed by atoms with Gasteiger partial charge in [0.15, 0.2) is 5.82 Å². The fraction of sp³-hybridized carbons (Fsp3) is 0.167. The monoisotopic (exact) mass is 261 g/mol. The van der Waals surface area contributed by atoms with Crippen LogP contribution in [-0.2, 0) is 0 Å². The van der Waals surface area contributed by atoms with Crippen molar-refractivity contribution in [2.75, 3.05) is 0 Å². The number of hydrogen-bond donors (Lipinski definition) is 1. The van der Waals surface area contributed by atoms with Crippen LogP contribution in [0.25, 0.3) is 0 Å². The van der Waals surface area contributed by atoms with Crippen molar-refractivity contribution in [2.24, 2.45) is 4.99 Å². The van der Waals surface area contributed by atoms with Gasteiger partial charge in [0.1, 0.15) is 5.76 Å². The van der Waals surface area contributed by atoms with Crippen molar-refractivity contribution in [3.63, 3.8) is 0 Å². The van der Waals surface area contributed by atoms with E-state index in [1.54, 1.807) is 26.0 Å². The SMILES string of the molecule is Cc1cc(C=Nc2cc(C)on2)c(O)c([N+](=O)[O-])c1. The zero-order valence-corrected chi connectivity index (χ0v) is 10.3. The van der Waals surface area contributed by atoms with Gasteiger partial charge in [-0.05, 0) is 25.5 Å². The van der Waals surface area contributed by atoms with E-state index in [1.165, 1.54) is 12.3 Å². The van der Waals surface area contributed by atoms with Crippen LogP contribution in [0.2, 0.25) is 0 Å². The molecule has 0 aliphatic rings. The second-order valence-corrected chi connectivity index (χ2v) is 4.03. The molecular weight excluding hydrogens is 250 g/mol. The summed E-state index contributed by atoms with van der Waals surface area (Å²) in [6, 6.07) is 4.50. The molecule has 0 bridgehead atoms. The predicted molar refractivity (Wildman–Crippen MR) is 68.0 cm³/mol. The number of aromatic nitrogens is 1. The number of nitro groups is 1. The predicted octanol–water partition coefficient (Wildman–Crippen LogP) is 2.66. The number of phenols is 1. The maximum Gasteiger partial charge on any atom is 0.311 e. The highest BCUT2D eigenvalue weighted by atomic mass is 16.6. The first-order valence-electron chi connectivity index (χ1n) is 5.43. The van der Waals surface area contributed by atoms with Crippen LogP contribution in [0.5, 0.6) is 5.75 Å². The van der Waals surface area contributed by atoms with E-state index in [-0.39, 0.29) is 11.3 Å². The van der Waals surface area contributed by atoms with E-state index in [0.29, 0.717) is 17.1 Å². The summed E-state index contributed by atoms with van der Waals surface area (Å²) < 4.78 is 4.83. The molecule has 2 aromatic rings. The number of aryl methyl sites for hydroxylation is 2. The van der Waals surface area contributed by atoms with E-state index in [0.717, 1.165) is 0 Å². The second kappa shape index (κ2) is 4.89. The molecule has 0 spiro atoms. The van der Waals surface area contributed by atoms with E-state index in [1.807, 2.05) is 0 Å². The summed E-state index contributed by atoms with van der Waals surface area (Å²) in [7, 11) is 0. The van der Waals surface area contributed by atoms with Crippen LogP contribution < -0.4 is 0 Å². The van der Waals surface area contributed by atoms with Crippen LogP contribution in [0.1, 0.15) is 16.9 Å². The van der Waals surface area contributed by atoms with Crippen molar-refractivity contribution in [2.45, 2.75) is 13.8 Å². The standard InChI is InChI=1S/C12H11N3O4/c1-7-3-9(12(16)10(4-7)15(17)18)6-13-11-5-8(2)19-14-11/h3-6,16H,1-2H3. The third-order valence-corrected chi connectivity index (χ3v) is 2.41. The second-order valence-electron chi connectivity index (χ2n) is 4.03. The lowest BCUT2D eigenvalue weighted by Gasteiger charge is -2.01. The van der Waals surface area contributed by atoms with Crippen molar-refractivity contribution in [3.8, 4) is 5.75 Å². The maximum atomic E-state index is 10.8. The van der Waals surface area contributed by atoms with Crippen LogP contribution in [0.15, 0.2) is 27.7 Å². The van der Waals surface area contributed by atoms with Gasteiger partial charge in [-0.1, -0.05) is 5.16 Å². The lowest BCUT2D eigenvalue weighted by molar-refractivity contribution is -0.385. The first-order valence-corrected chi connectivity index (χ1v) is 5.43. The molecule has 0 atom stereocenters. The van der Waals surface area contributed by atoms with E-state index in [2.05, 4.69) is 10.1 Å². The quantitative estimate of drug-likeness (QED) is 0.519. The molecule has 1 N–H and O–H groups in total. The molecule has 1 aromatic carbocycles. The first kappa shape index (κ1) is 12.7. The highest BCUT2D eigenvalue weighted by Gasteiger charge is 2.17. The minimum atomic E-state index is -0.639. The normalized spacial score (nSPS) is 11.1. The molecular formula is C12H11N3O4. The highest BCUT2D eigenvalue weighted by molar-refractivity contribution is 5.87. The van der Waals surface area contributed by atoms with Gasteiger partial charge in [-0.3, -0.25) is 10.1 Å². The van der Waals surface area contributed by atoms with Crippen molar-refractivity contribution in [1.29, 1.82) is 0 Å². The molecule has 0 unspecified atom stereocenters. The molecule has 0 saturated carbocycles. The molecule has 19 heavy (non-hydrogen) atoms. The number of aliphatic imine (C=N–C) groups is 1. The number of phenolic OH excluding ortho intramolecular Hbond substituents is 1. The number of hydrogen-bond acceptors (Lipinski definition) is 6. The van der Waals surface area contributed by atoms with Gasteiger partial charge in [0.05, 0.1) is 4.92 Å². The largest absolute Gasteiger partial charge is 0.502 e. The zero-order chi connectivity index (χ0) is 14.0. The molecule has 2 rings (SSSR count). The summed E-state index contributed by atoms with van der Waals surface area (Å²) in [5, 5.41) is 24.2. The number of aromatic hydroxyl groups is 1. The molecule has 1 heterocycles. The summed E-state index contributed by atoms with van der Waals surface area (Å²) in [4.78, 5) is 14.1. The van der Waals surface area contributed by atoms with Gasteiger partial charge in [0.25, 0.3) is 0 Å². The number of rotatable bonds is 3. The molecule has 0 fully saturated rings. The minimum absolute atomic E-state index is 0.257. The summed E-state index contributed by atoms with van der Waals surface area (Å²) in [5.41, 5.74) is 0.562. The summed E-state index contributed by atoms with van der Waals surface area (Å²) >= 11 is 0. The van der Waals surface area contributed by atoms with Crippen LogP contribution in [-0.4, -0.2) is 21.4 Å². The van der Waals surface area contributed by atoms with Gasteiger partial charge in [0, 0.05) is 23.9 Å². The van der Waals surface area contributed by atoms with Gasteiger partial charge in [-0.25, -0.2) is 4.99 Å². The van der Waals surface area contributed by atoms with Gasteiger partial charge in [-0.15, -0.1) is 0 Å². The van der Waals surface area contributed by atoms with E-state index in [4.69, 9.17) is 4.52 Å². The molecule has 98 valence electrons. The molecule has 7 heteroatoms. The van der Waals surface area contributed by atoms with Gasteiger partial charge >= 0.3 is 5.69 Å². The highest BCUT2D eigenvalue weighted by Crippen LogP contribution is 2.30. The Morgan fingerprint density at radius 1 is 1.42 bits per heavy atom. The lowest BCUT2D eigenvalue weighted by Crippen LogP contribution is -1.93. The Balaban J connectivity index is 2.40.